The van der Waals surface area contributed by atoms with Gasteiger partial charge in [-0.2, -0.15) is 22.0 Å². The predicted octanol–water partition coefficient (Wildman–Crippen LogP) is 2.32. The van der Waals surface area contributed by atoms with Gasteiger partial charge in [0, 0.05) is 6.08 Å². The molecule has 0 saturated carbocycles. The Morgan fingerprint density at radius 2 is 1.89 bits per heavy atom. The highest BCUT2D eigenvalue weighted by Crippen LogP contribution is 2.53. The summed E-state index contributed by atoms with van der Waals surface area (Å²) in [6.45, 7) is 1.09. The smallest absolute Gasteiger partial charge is 0.454 e. The van der Waals surface area contributed by atoms with E-state index in [4.69, 9.17) is 0 Å². The number of carbonyl (C=O) groups excluding carboxylic acids is 1. The SMILES string of the molecule is C=CC(=O)OCCC1(C(F)(F)C(F)(F)F)COC1. The van der Waals surface area contributed by atoms with Crippen molar-refractivity contribution < 1.29 is 36.2 Å². The third-order valence-corrected chi connectivity index (χ3v) is 2.77. The van der Waals surface area contributed by atoms with Gasteiger partial charge in [0.2, 0.25) is 0 Å². The van der Waals surface area contributed by atoms with Crippen LogP contribution in [-0.2, 0) is 14.3 Å². The summed E-state index contributed by atoms with van der Waals surface area (Å²) >= 11 is 0. The summed E-state index contributed by atoms with van der Waals surface area (Å²) < 4.78 is 72.2. The van der Waals surface area contributed by atoms with Gasteiger partial charge in [0.1, 0.15) is 0 Å². The van der Waals surface area contributed by atoms with E-state index in [0.29, 0.717) is 0 Å². The maximum Gasteiger partial charge on any atom is 0.454 e. The minimum absolute atomic E-state index is 0.542. The number of hydrogen-bond donors (Lipinski definition) is 0. The molecular weight excluding hydrogens is 263 g/mol. The molecule has 1 aliphatic heterocycles. The minimum Gasteiger partial charge on any atom is -0.463 e. The van der Waals surface area contributed by atoms with Crippen molar-refractivity contribution in [3.8, 4) is 0 Å². The Balaban J connectivity index is 2.69. The minimum atomic E-state index is -5.65. The molecule has 1 aliphatic rings. The lowest BCUT2D eigenvalue weighted by atomic mass is 9.76. The molecule has 0 spiro atoms. The Hall–Kier alpha value is -1.18. The highest BCUT2D eigenvalue weighted by Gasteiger charge is 2.72. The predicted molar refractivity (Wildman–Crippen MR) is 50.0 cm³/mol. The molecule has 0 aromatic carbocycles. The summed E-state index contributed by atoms with van der Waals surface area (Å²) in [6, 6.07) is 0. The van der Waals surface area contributed by atoms with E-state index in [1.165, 1.54) is 0 Å². The maximum atomic E-state index is 13.3. The van der Waals surface area contributed by atoms with Crippen LogP contribution < -0.4 is 0 Å². The van der Waals surface area contributed by atoms with E-state index < -0.39 is 49.7 Å². The molecule has 0 unspecified atom stereocenters. The van der Waals surface area contributed by atoms with Crippen LogP contribution in [0.15, 0.2) is 12.7 Å². The summed E-state index contributed by atoms with van der Waals surface area (Å²) in [5, 5.41) is 0. The molecule has 3 nitrogen and oxygen atoms in total. The lowest BCUT2D eigenvalue weighted by Crippen LogP contribution is -2.62. The molecule has 1 rings (SSSR count). The van der Waals surface area contributed by atoms with Crippen LogP contribution in [0.3, 0.4) is 0 Å². The van der Waals surface area contributed by atoms with Gasteiger partial charge in [-0.15, -0.1) is 0 Å². The van der Waals surface area contributed by atoms with Crippen LogP contribution in [0.25, 0.3) is 0 Å². The van der Waals surface area contributed by atoms with Crippen molar-refractivity contribution in [1.82, 2.24) is 0 Å². The molecular formula is C10H11F5O3. The van der Waals surface area contributed by atoms with Gasteiger partial charge < -0.3 is 9.47 Å². The van der Waals surface area contributed by atoms with Crippen molar-refractivity contribution in [2.24, 2.45) is 5.41 Å². The molecule has 18 heavy (non-hydrogen) atoms. The topological polar surface area (TPSA) is 35.5 Å². The van der Waals surface area contributed by atoms with Gasteiger partial charge in [0.15, 0.2) is 0 Å². The number of halogens is 5. The molecule has 0 aliphatic carbocycles. The standard InChI is InChI=1S/C10H11F5O3/c1-2-7(16)18-4-3-8(5-17-6-8)9(11,12)10(13,14)15/h2H,1,3-6H2. The van der Waals surface area contributed by atoms with E-state index in [1.54, 1.807) is 0 Å². The number of ether oxygens (including phenoxy) is 2. The van der Waals surface area contributed by atoms with E-state index in [2.05, 4.69) is 16.1 Å². The summed E-state index contributed by atoms with van der Waals surface area (Å²) in [4.78, 5) is 10.7. The molecule has 0 amide bonds. The van der Waals surface area contributed by atoms with Crippen LogP contribution >= 0.6 is 0 Å². The quantitative estimate of drug-likeness (QED) is 0.438. The fourth-order valence-electron chi connectivity index (χ4n) is 1.54. The summed E-state index contributed by atoms with van der Waals surface area (Å²) in [5.74, 6) is -5.75. The first kappa shape index (κ1) is 14.9. The highest BCUT2D eigenvalue weighted by molar-refractivity contribution is 5.81. The van der Waals surface area contributed by atoms with Crippen LogP contribution in [0.1, 0.15) is 6.42 Å². The van der Waals surface area contributed by atoms with Crippen LogP contribution in [0.4, 0.5) is 22.0 Å². The van der Waals surface area contributed by atoms with Gasteiger partial charge in [0.05, 0.1) is 25.2 Å². The van der Waals surface area contributed by atoms with E-state index in [9.17, 15) is 26.7 Å². The lowest BCUT2D eigenvalue weighted by molar-refractivity contribution is -0.366. The van der Waals surface area contributed by atoms with E-state index in [0.717, 1.165) is 6.08 Å². The third-order valence-electron chi connectivity index (χ3n) is 2.77. The molecule has 0 aromatic rings. The van der Waals surface area contributed by atoms with Crippen molar-refractivity contribution in [2.45, 2.75) is 18.5 Å². The first-order chi connectivity index (χ1) is 8.16. The van der Waals surface area contributed by atoms with Crippen molar-refractivity contribution in [3.05, 3.63) is 12.7 Å². The fourth-order valence-corrected chi connectivity index (χ4v) is 1.54. The van der Waals surface area contributed by atoms with Crippen LogP contribution in [0, 0.1) is 5.41 Å². The average Bonchev–Trinajstić information content (AvgIpc) is 2.19. The molecule has 8 heteroatoms. The van der Waals surface area contributed by atoms with E-state index >= 15 is 0 Å². The van der Waals surface area contributed by atoms with Gasteiger partial charge >= 0.3 is 18.1 Å². The summed E-state index contributed by atoms with van der Waals surface area (Å²) in [6.07, 6.45) is -5.48. The molecule has 1 heterocycles. The first-order valence-corrected chi connectivity index (χ1v) is 4.98. The second-order valence-corrected chi connectivity index (χ2v) is 3.97. The number of rotatable bonds is 5. The van der Waals surface area contributed by atoms with Crippen LogP contribution in [0.2, 0.25) is 0 Å². The molecule has 0 radical (unpaired) electrons. The fraction of sp³-hybridized carbons (Fsp3) is 0.700. The van der Waals surface area contributed by atoms with E-state index in [-0.39, 0.29) is 0 Å². The second-order valence-electron chi connectivity index (χ2n) is 3.97. The van der Waals surface area contributed by atoms with Crippen molar-refractivity contribution >= 4 is 5.97 Å². The monoisotopic (exact) mass is 274 g/mol. The Morgan fingerprint density at radius 3 is 2.22 bits per heavy atom. The number of alkyl halides is 5. The molecule has 104 valence electrons. The molecule has 0 N–H and O–H groups in total. The summed E-state index contributed by atoms with van der Waals surface area (Å²) in [7, 11) is 0. The first-order valence-electron chi connectivity index (χ1n) is 4.98. The zero-order chi connectivity index (χ0) is 14.0. The van der Waals surface area contributed by atoms with Gasteiger partial charge in [-0.3, -0.25) is 0 Å². The van der Waals surface area contributed by atoms with Crippen molar-refractivity contribution in [1.29, 1.82) is 0 Å². The Labute approximate surface area is 99.5 Å². The number of esters is 1. The highest BCUT2D eigenvalue weighted by atomic mass is 19.4. The zero-order valence-corrected chi connectivity index (χ0v) is 9.23. The second kappa shape index (κ2) is 4.83. The number of hydrogen-bond acceptors (Lipinski definition) is 3. The van der Waals surface area contributed by atoms with Gasteiger partial charge in [-0.25, -0.2) is 4.79 Å². The average molecular weight is 274 g/mol. The van der Waals surface area contributed by atoms with Crippen molar-refractivity contribution in [3.63, 3.8) is 0 Å². The van der Waals surface area contributed by atoms with E-state index in [1.807, 2.05) is 0 Å². The molecule has 0 aromatic heterocycles. The number of carbonyl (C=O) groups is 1. The maximum absolute atomic E-state index is 13.3. The zero-order valence-electron chi connectivity index (χ0n) is 9.23. The normalized spacial score (nSPS) is 18.9. The van der Waals surface area contributed by atoms with Crippen LogP contribution in [0.5, 0.6) is 0 Å². The van der Waals surface area contributed by atoms with Crippen LogP contribution in [-0.4, -0.2) is 37.9 Å². The molecule has 1 fully saturated rings. The molecule has 0 bridgehead atoms. The molecule has 1 saturated heterocycles. The van der Waals surface area contributed by atoms with Gasteiger partial charge in [-0.05, 0) is 6.42 Å². The Kier molecular flexibility index (Phi) is 3.99. The third kappa shape index (κ3) is 2.47. The summed E-state index contributed by atoms with van der Waals surface area (Å²) in [5.41, 5.74) is -2.35. The molecule has 0 atom stereocenters. The van der Waals surface area contributed by atoms with Gasteiger partial charge in [-0.1, -0.05) is 6.58 Å². The Morgan fingerprint density at radius 1 is 1.33 bits per heavy atom. The van der Waals surface area contributed by atoms with Crippen molar-refractivity contribution in [2.75, 3.05) is 19.8 Å². The Bertz CT molecular complexity index is 333. The largest absolute Gasteiger partial charge is 0.463 e. The van der Waals surface area contributed by atoms with Gasteiger partial charge in [0.25, 0.3) is 0 Å². The lowest BCUT2D eigenvalue weighted by Gasteiger charge is -2.46.